The van der Waals surface area contributed by atoms with E-state index in [4.69, 9.17) is 4.74 Å². The number of ether oxygens (including phenoxy) is 1. The fourth-order valence-electron chi connectivity index (χ4n) is 3.05. The summed E-state index contributed by atoms with van der Waals surface area (Å²) in [5.41, 5.74) is -0.315. The Hall–Kier alpha value is -3.03. The van der Waals surface area contributed by atoms with Crippen molar-refractivity contribution in [2.75, 3.05) is 18.1 Å². The normalized spacial score (nSPS) is 16.9. The van der Waals surface area contributed by atoms with Crippen LogP contribution in [0.1, 0.15) is 29.3 Å². The van der Waals surface area contributed by atoms with Crippen LogP contribution in [0.4, 0.5) is 18.9 Å². The number of nitrogens with one attached hydrogen (secondary N) is 1. The standard InChI is InChI=1S/C20H19F3N2O3/c1-2-28-17-8-6-16(7-9-17)25-12-15(11-18(25)26)24-19(27)13-4-3-5-14(10-13)20(21,22)23/h3-10,15H,2,11-12H2,1H3,(H,24,27). The second kappa shape index (κ2) is 7.92. The molecular weight excluding hydrogens is 373 g/mol. The minimum absolute atomic E-state index is 0.0813. The second-order valence-electron chi connectivity index (χ2n) is 6.38. The van der Waals surface area contributed by atoms with Crippen LogP contribution in [0.15, 0.2) is 48.5 Å². The smallest absolute Gasteiger partial charge is 0.416 e. The molecule has 3 rings (SSSR count). The molecule has 148 valence electrons. The van der Waals surface area contributed by atoms with E-state index in [9.17, 15) is 22.8 Å². The third-order valence-electron chi connectivity index (χ3n) is 4.37. The number of rotatable bonds is 5. The summed E-state index contributed by atoms with van der Waals surface area (Å²) in [6, 6.07) is 10.7. The lowest BCUT2D eigenvalue weighted by atomic mass is 10.1. The second-order valence-corrected chi connectivity index (χ2v) is 6.38. The number of anilines is 1. The number of hydrogen-bond donors (Lipinski definition) is 1. The van der Waals surface area contributed by atoms with Gasteiger partial charge >= 0.3 is 6.18 Å². The van der Waals surface area contributed by atoms with Crippen LogP contribution in [0.2, 0.25) is 0 Å². The lowest BCUT2D eigenvalue weighted by Crippen LogP contribution is -2.37. The van der Waals surface area contributed by atoms with Gasteiger partial charge in [0.1, 0.15) is 5.75 Å². The minimum atomic E-state index is -4.52. The van der Waals surface area contributed by atoms with Gasteiger partial charge in [0.25, 0.3) is 5.91 Å². The molecule has 2 aromatic rings. The highest BCUT2D eigenvalue weighted by atomic mass is 19.4. The molecule has 0 spiro atoms. The molecule has 1 fully saturated rings. The van der Waals surface area contributed by atoms with E-state index in [2.05, 4.69) is 5.32 Å². The number of carbonyl (C=O) groups excluding carboxylic acids is 2. The van der Waals surface area contributed by atoms with E-state index in [1.54, 1.807) is 24.3 Å². The average Bonchev–Trinajstić information content (AvgIpc) is 3.02. The minimum Gasteiger partial charge on any atom is -0.494 e. The number of nitrogens with zero attached hydrogens (tertiary/aromatic N) is 1. The number of hydrogen-bond acceptors (Lipinski definition) is 3. The van der Waals surface area contributed by atoms with E-state index in [1.165, 1.54) is 17.0 Å². The molecule has 8 heteroatoms. The molecule has 1 heterocycles. The Bertz CT molecular complexity index is 866. The van der Waals surface area contributed by atoms with Gasteiger partial charge in [-0.05, 0) is 49.4 Å². The molecule has 0 aliphatic carbocycles. The summed E-state index contributed by atoms with van der Waals surface area (Å²) in [5, 5.41) is 2.64. The number of alkyl halides is 3. The van der Waals surface area contributed by atoms with Crippen molar-refractivity contribution in [2.24, 2.45) is 0 Å². The molecule has 2 aromatic carbocycles. The summed E-state index contributed by atoms with van der Waals surface area (Å²) in [4.78, 5) is 26.1. The van der Waals surface area contributed by atoms with Crippen LogP contribution in [0.5, 0.6) is 5.75 Å². The topological polar surface area (TPSA) is 58.6 Å². The maximum Gasteiger partial charge on any atom is 0.416 e. The first-order chi connectivity index (χ1) is 13.3. The summed E-state index contributed by atoms with van der Waals surface area (Å²) in [6.07, 6.45) is -4.44. The van der Waals surface area contributed by atoms with Gasteiger partial charge in [-0.1, -0.05) is 6.07 Å². The fourth-order valence-corrected chi connectivity index (χ4v) is 3.05. The third kappa shape index (κ3) is 4.44. The van der Waals surface area contributed by atoms with E-state index in [0.29, 0.717) is 18.0 Å². The SMILES string of the molecule is CCOc1ccc(N2CC(NC(=O)c3cccc(C(F)(F)F)c3)CC2=O)cc1. The van der Waals surface area contributed by atoms with Gasteiger partial charge in [-0.15, -0.1) is 0 Å². The van der Waals surface area contributed by atoms with E-state index in [0.717, 1.165) is 12.1 Å². The van der Waals surface area contributed by atoms with Gasteiger partial charge in [0.05, 0.1) is 18.2 Å². The number of halogens is 3. The molecule has 1 unspecified atom stereocenters. The Labute approximate surface area is 160 Å². The Morgan fingerprint density at radius 1 is 1.21 bits per heavy atom. The molecule has 1 N–H and O–H groups in total. The molecule has 0 aromatic heterocycles. The van der Waals surface area contributed by atoms with Gasteiger partial charge in [0.15, 0.2) is 0 Å². The van der Waals surface area contributed by atoms with Gasteiger partial charge in [0, 0.05) is 24.2 Å². The van der Waals surface area contributed by atoms with Crippen molar-refractivity contribution in [3.63, 3.8) is 0 Å². The Morgan fingerprint density at radius 2 is 1.93 bits per heavy atom. The molecule has 1 saturated heterocycles. The average molecular weight is 392 g/mol. The Kier molecular flexibility index (Phi) is 5.58. The van der Waals surface area contributed by atoms with Gasteiger partial charge in [0.2, 0.25) is 5.91 Å². The lowest BCUT2D eigenvalue weighted by molar-refractivity contribution is -0.137. The van der Waals surface area contributed by atoms with E-state index < -0.39 is 23.7 Å². The van der Waals surface area contributed by atoms with E-state index in [-0.39, 0.29) is 24.4 Å². The molecule has 2 amide bonds. The fraction of sp³-hybridized carbons (Fsp3) is 0.300. The van der Waals surface area contributed by atoms with Crippen molar-refractivity contribution in [3.8, 4) is 5.75 Å². The number of carbonyl (C=O) groups is 2. The largest absolute Gasteiger partial charge is 0.494 e. The highest BCUT2D eigenvalue weighted by Gasteiger charge is 2.33. The lowest BCUT2D eigenvalue weighted by Gasteiger charge is -2.18. The van der Waals surface area contributed by atoms with Crippen molar-refractivity contribution in [3.05, 3.63) is 59.7 Å². The van der Waals surface area contributed by atoms with Crippen LogP contribution in [0.25, 0.3) is 0 Å². The molecule has 28 heavy (non-hydrogen) atoms. The van der Waals surface area contributed by atoms with Gasteiger partial charge < -0.3 is 15.0 Å². The maximum atomic E-state index is 12.8. The number of benzene rings is 2. The first kappa shape index (κ1) is 19.7. The van der Waals surface area contributed by atoms with Crippen LogP contribution in [0, 0.1) is 0 Å². The first-order valence-corrected chi connectivity index (χ1v) is 8.79. The summed E-state index contributed by atoms with van der Waals surface area (Å²) >= 11 is 0. The summed E-state index contributed by atoms with van der Waals surface area (Å²) in [6.45, 7) is 2.65. The van der Waals surface area contributed by atoms with Crippen LogP contribution in [-0.2, 0) is 11.0 Å². The molecule has 5 nitrogen and oxygen atoms in total. The van der Waals surface area contributed by atoms with Crippen molar-refractivity contribution in [1.82, 2.24) is 5.32 Å². The van der Waals surface area contributed by atoms with Crippen LogP contribution in [-0.4, -0.2) is 31.0 Å². The van der Waals surface area contributed by atoms with Crippen molar-refractivity contribution in [1.29, 1.82) is 0 Å². The van der Waals surface area contributed by atoms with Crippen LogP contribution < -0.4 is 15.0 Å². The molecular formula is C20H19F3N2O3. The molecule has 1 aliphatic rings. The van der Waals surface area contributed by atoms with Crippen molar-refractivity contribution >= 4 is 17.5 Å². The zero-order valence-electron chi connectivity index (χ0n) is 15.1. The summed E-state index contributed by atoms with van der Waals surface area (Å²) in [5.74, 6) is -0.122. The predicted octanol–water partition coefficient (Wildman–Crippen LogP) is 3.64. The van der Waals surface area contributed by atoms with Crippen LogP contribution >= 0.6 is 0 Å². The van der Waals surface area contributed by atoms with Crippen molar-refractivity contribution in [2.45, 2.75) is 25.6 Å². The maximum absolute atomic E-state index is 12.8. The van der Waals surface area contributed by atoms with E-state index >= 15 is 0 Å². The molecule has 0 radical (unpaired) electrons. The Balaban J connectivity index is 1.66. The zero-order chi connectivity index (χ0) is 20.3. The van der Waals surface area contributed by atoms with Gasteiger partial charge in [-0.2, -0.15) is 13.2 Å². The number of amides is 2. The molecule has 1 atom stereocenters. The third-order valence-corrected chi connectivity index (χ3v) is 4.37. The summed E-state index contributed by atoms with van der Waals surface area (Å²) < 4.78 is 43.8. The summed E-state index contributed by atoms with van der Waals surface area (Å²) in [7, 11) is 0. The molecule has 0 saturated carbocycles. The quantitative estimate of drug-likeness (QED) is 0.845. The van der Waals surface area contributed by atoms with Crippen LogP contribution in [0.3, 0.4) is 0 Å². The highest BCUT2D eigenvalue weighted by molar-refractivity contribution is 5.99. The Morgan fingerprint density at radius 3 is 2.57 bits per heavy atom. The first-order valence-electron chi connectivity index (χ1n) is 8.79. The van der Waals surface area contributed by atoms with Crippen molar-refractivity contribution < 1.29 is 27.5 Å². The molecule has 1 aliphatic heterocycles. The van der Waals surface area contributed by atoms with Gasteiger partial charge in [-0.3, -0.25) is 9.59 Å². The monoisotopic (exact) mass is 392 g/mol. The highest BCUT2D eigenvalue weighted by Crippen LogP contribution is 2.30. The zero-order valence-corrected chi connectivity index (χ0v) is 15.1. The predicted molar refractivity (Wildman–Crippen MR) is 97.3 cm³/mol. The molecule has 0 bridgehead atoms. The van der Waals surface area contributed by atoms with Gasteiger partial charge in [-0.25, -0.2) is 0 Å². The van der Waals surface area contributed by atoms with E-state index in [1.807, 2.05) is 6.92 Å².